The summed E-state index contributed by atoms with van der Waals surface area (Å²) in [5.74, 6) is -0.126. The standard InChI is InChI=1S/C12H19FN3O13P3/c1-2-12(7-27-31(22,23)29-32(24,25)28-30(19,20)21)9(17)11(13,6-26-12)5-16-4-3-8(14)15-10(16)18/h2-4,9,17H,1,5-7H2,(H,22,23)(H,24,25)(H2,14,15,18)(H2,19,20,21)/t9-,11+,12+/m0/s1. The van der Waals surface area contributed by atoms with Gasteiger partial charge in [0.05, 0.1) is 19.8 Å². The van der Waals surface area contributed by atoms with E-state index in [0.717, 1.165) is 16.8 Å². The third-order valence-electron chi connectivity index (χ3n) is 4.08. The van der Waals surface area contributed by atoms with Gasteiger partial charge in [-0.3, -0.25) is 9.09 Å². The number of hydrogen-bond acceptors (Lipinski definition) is 11. The summed E-state index contributed by atoms with van der Waals surface area (Å²) in [5, 5.41) is 10.5. The summed E-state index contributed by atoms with van der Waals surface area (Å²) in [6.45, 7) is 0.516. The van der Waals surface area contributed by atoms with Gasteiger partial charge in [0.25, 0.3) is 0 Å². The van der Waals surface area contributed by atoms with Crippen LogP contribution in [0.2, 0.25) is 0 Å². The second-order valence-corrected chi connectivity index (χ2v) is 10.9. The summed E-state index contributed by atoms with van der Waals surface area (Å²) < 4.78 is 66.7. The third-order valence-corrected chi connectivity index (χ3v) is 7.86. The molecule has 2 heterocycles. The molecule has 1 aromatic rings. The van der Waals surface area contributed by atoms with Crippen molar-refractivity contribution in [3.63, 3.8) is 0 Å². The third kappa shape index (κ3) is 6.60. The van der Waals surface area contributed by atoms with Gasteiger partial charge in [-0.2, -0.15) is 13.6 Å². The smallest absolute Gasteiger partial charge is 0.386 e. The number of rotatable bonds is 10. The first-order valence-corrected chi connectivity index (χ1v) is 12.7. The summed E-state index contributed by atoms with van der Waals surface area (Å²) in [6.07, 6.45) is -0.226. The summed E-state index contributed by atoms with van der Waals surface area (Å²) in [6, 6.07) is 1.20. The number of ether oxygens (including phenoxy) is 1. The molecule has 2 rings (SSSR count). The molecule has 20 heteroatoms. The zero-order chi connectivity index (χ0) is 24.6. The highest BCUT2D eigenvalue weighted by atomic mass is 31.3. The van der Waals surface area contributed by atoms with Gasteiger partial charge in [0.2, 0.25) is 0 Å². The molecular weight excluding hydrogens is 506 g/mol. The zero-order valence-electron chi connectivity index (χ0n) is 15.8. The molecule has 16 nitrogen and oxygen atoms in total. The molecule has 1 aromatic heterocycles. The molecule has 0 radical (unpaired) electrons. The Labute approximate surface area is 178 Å². The molecule has 0 aliphatic carbocycles. The van der Waals surface area contributed by atoms with E-state index in [1.54, 1.807) is 0 Å². The van der Waals surface area contributed by atoms with Crippen LogP contribution in [0.5, 0.6) is 0 Å². The van der Waals surface area contributed by atoms with Gasteiger partial charge in [0.15, 0.2) is 5.67 Å². The molecule has 5 atom stereocenters. The highest BCUT2D eigenvalue weighted by Gasteiger charge is 2.59. The van der Waals surface area contributed by atoms with Crippen molar-refractivity contribution in [2.45, 2.75) is 23.9 Å². The predicted molar refractivity (Wildman–Crippen MR) is 101 cm³/mol. The lowest BCUT2D eigenvalue weighted by Crippen LogP contribution is -2.51. The predicted octanol–water partition coefficient (Wildman–Crippen LogP) is -0.807. The van der Waals surface area contributed by atoms with Crippen molar-refractivity contribution in [1.29, 1.82) is 0 Å². The highest BCUT2D eigenvalue weighted by molar-refractivity contribution is 7.66. The number of aromatic nitrogens is 2. The molecule has 2 unspecified atom stereocenters. The molecule has 0 amide bonds. The maximum Gasteiger partial charge on any atom is 0.490 e. The maximum absolute atomic E-state index is 15.4. The molecule has 1 aliphatic heterocycles. The second-order valence-electron chi connectivity index (χ2n) is 6.51. The van der Waals surface area contributed by atoms with Gasteiger partial charge in [-0.05, 0) is 6.07 Å². The van der Waals surface area contributed by atoms with Crippen LogP contribution < -0.4 is 11.4 Å². The van der Waals surface area contributed by atoms with Gasteiger partial charge in [-0.25, -0.2) is 22.9 Å². The molecule has 0 spiro atoms. The summed E-state index contributed by atoms with van der Waals surface area (Å²) in [5.41, 5.74) is -0.449. The van der Waals surface area contributed by atoms with Crippen molar-refractivity contribution in [1.82, 2.24) is 9.55 Å². The average Bonchev–Trinajstić information content (AvgIpc) is 2.85. The summed E-state index contributed by atoms with van der Waals surface area (Å²) in [4.78, 5) is 50.9. The molecule has 0 bridgehead atoms. The van der Waals surface area contributed by atoms with Gasteiger partial charge >= 0.3 is 29.2 Å². The number of anilines is 1. The normalized spacial score (nSPS) is 29.9. The van der Waals surface area contributed by atoms with Crippen molar-refractivity contribution in [2.24, 2.45) is 0 Å². The lowest BCUT2D eigenvalue weighted by Gasteiger charge is -2.31. The van der Waals surface area contributed by atoms with Crippen molar-refractivity contribution in [2.75, 3.05) is 18.9 Å². The monoisotopic (exact) mass is 525 g/mol. The minimum Gasteiger partial charge on any atom is -0.386 e. The number of nitrogens with zero attached hydrogens (tertiary/aromatic N) is 2. The van der Waals surface area contributed by atoms with Gasteiger partial charge in [-0.15, -0.1) is 6.58 Å². The van der Waals surface area contributed by atoms with Crippen molar-refractivity contribution in [3.8, 4) is 0 Å². The zero-order valence-corrected chi connectivity index (χ0v) is 18.5. The van der Waals surface area contributed by atoms with Crippen molar-refractivity contribution in [3.05, 3.63) is 35.4 Å². The summed E-state index contributed by atoms with van der Waals surface area (Å²) >= 11 is 0. The van der Waals surface area contributed by atoms with E-state index in [4.69, 9.17) is 25.2 Å². The first kappa shape index (κ1) is 26.9. The number of phosphoric acid groups is 3. The molecule has 1 saturated heterocycles. The Morgan fingerprint density at radius 2 is 1.94 bits per heavy atom. The number of phosphoric ester groups is 1. The minimum absolute atomic E-state index is 0.126. The van der Waals surface area contributed by atoms with Crippen LogP contribution >= 0.6 is 23.5 Å². The Morgan fingerprint density at radius 3 is 2.47 bits per heavy atom. The number of hydrogen-bond donors (Lipinski definition) is 6. The van der Waals surface area contributed by atoms with Crippen LogP contribution in [0.4, 0.5) is 10.2 Å². The van der Waals surface area contributed by atoms with Crippen molar-refractivity contribution >= 4 is 29.3 Å². The number of aliphatic hydroxyl groups excluding tert-OH is 1. The lowest BCUT2D eigenvalue weighted by atomic mass is 9.89. The van der Waals surface area contributed by atoms with Gasteiger partial charge < -0.3 is 35.2 Å². The molecule has 1 fully saturated rings. The fraction of sp³-hybridized carbons (Fsp3) is 0.500. The van der Waals surface area contributed by atoms with E-state index in [1.165, 1.54) is 6.07 Å². The Hall–Kier alpha value is -1.32. The van der Waals surface area contributed by atoms with Gasteiger partial charge in [-0.1, -0.05) is 6.08 Å². The Balaban J connectivity index is 2.15. The van der Waals surface area contributed by atoms with Crippen LogP contribution in [-0.4, -0.2) is 64.8 Å². The fourth-order valence-corrected chi connectivity index (χ4v) is 5.72. The first-order chi connectivity index (χ1) is 14.4. The lowest BCUT2D eigenvalue weighted by molar-refractivity contribution is -0.0648. The second kappa shape index (κ2) is 9.14. The Morgan fingerprint density at radius 1 is 1.31 bits per heavy atom. The Kier molecular flexibility index (Phi) is 7.69. The van der Waals surface area contributed by atoms with E-state index in [-0.39, 0.29) is 5.82 Å². The number of halogens is 1. The molecule has 0 aromatic carbocycles. The topological polar surface area (TPSA) is 250 Å². The van der Waals surface area contributed by atoms with Crippen LogP contribution in [0.25, 0.3) is 0 Å². The SMILES string of the molecule is C=C[C@]1(COP(=O)(O)OP(=O)(O)OP(=O)(O)O)OC[C@](F)(Cn2ccc(N)nc2=O)[C@@H]1O. The maximum atomic E-state index is 15.4. The van der Waals surface area contributed by atoms with E-state index in [2.05, 4.69) is 24.7 Å². The number of aliphatic hydroxyl groups is 1. The van der Waals surface area contributed by atoms with Gasteiger partial charge in [0.1, 0.15) is 17.5 Å². The van der Waals surface area contributed by atoms with Crippen LogP contribution in [0, 0.1) is 0 Å². The van der Waals surface area contributed by atoms with E-state index in [9.17, 15) is 28.5 Å². The molecule has 182 valence electrons. The van der Waals surface area contributed by atoms with E-state index in [1.807, 2.05) is 0 Å². The summed E-state index contributed by atoms with van der Waals surface area (Å²) in [7, 11) is -17.0. The van der Waals surface area contributed by atoms with E-state index in [0.29, 0.717) is 0 Å². The molecule has 1 aliphatic rings. The molecule has 32 heavy (non-hydrogen) atoms. The Bertz CT molecular complexity index is 1080. The highest BCUT2D eigenvalue weighted by Crippen LogP contribution is 2.66. The quantitative estimate of drug-likeness (QED) is 0.161. The van der Waals surface area contributed by atoms with Crippen molar-refractivity contribution < 1.29 is 60.6 Å². The number of nitrogen functional groups attached to an aromatic ring is 1. The van der Waals surface area contributed by atoms with Crippen LogP contribution in [0.3, 0.4) is 0 Å². The van der Waals surface area contributed by atoms with Crippen LogP contribution in [0.1, 0.15) is 0 Å². The number of nitrogens with two attached hydrogens (primary N) is 1. The molecule has 0 saturated carbocycles. The van der Waals surface area contributed by atoms with Crippen LogP contribution in [0.15, 0.2) is 29.7 Å². The van der Waals surface area contributed by atoms with E-state index >= 15 is 4.39 Å². The molecular formula is C12H19FN3O13P3. The average molecular weight is 525 g/mol. The largest absolute Gasteiger partial charge is 0.490 e. The van der Waals surface area contributed by atoms with E-state index < -0.39 is 66.3 Å². The minimum atomic E-state index is -5.78. The first-order valence-electron chi connectivity index (χ1n) is 8.18. The molecule has 7 N–H and O–H groups in total. The van der Waals surface area contributed by atoms with Gasteiger partial charge in [0, 0.05) is 6.20 Å². The van der Waals surface area contributed by atoms with Crippen LogP contribution in [-0.2, 0) is 38.1 Å². The number of alkyl halides is 1. The fourth-order valence-electron chi connectivity index (χ4n) is 2.66.